The van der Waals surface area contributed by atoms with Crippen LogP contribution in [0, 0.1) is 35.5 Å². The third-order valence-electron chi connectivity index (χ3n) is 13.9. The van der Waals surface area contributed by atoms with E-state index in [-0.39, 0.29) is 7.92 Å². The molecule has 0 radical (unpaired) electrons. The van der Waals surface area contributed by atoms with Gasteiger partial charge in [-0.15, -0.1) is 0 Å². The van der Waals surface area contributed by atoms with Crippen LogP contribution in [-0.4, -0.2) is 62.8 Å². The molecular formula is C32H47N2O2P. The van der Waals surface area contributed by atoms with Crippen molar-refractivity contribution in [2.75, 3.05) is 0 Å². The van der Waals surface area contributed by atoms with Gasteiger partial charge in [0.25, 0.3) is 0 Å². The van der Waals surface area contributed by atoms with Crippen molar-refractivity contribution in [3.05, 3.63) is 0 Å². The molecule has 37 heavy (non-hydrogen) atoms. The lowest BCUT2D eigenvalue weighted by Crippen LogP contribution is -2.79. The quantitative estimate of drug-likeness (QED) is 0.358. The molecule has 9 aliphatic rings. The van der Waals surface area contributed by atoms with Crippen molar-refractivity contribution in [3.63, 3.8) is 0 Å². The molecule has 0 spiro atoms. The Morgan fingerprint density at radius 2 is 1.05 bits per heavy atom. The molecule has 5 heteroatoms. The van der Waals surface area contributed by atoms with Gasteiger partial charge in [-0.3, -0.25) is 9.59 Å². The standard InChI is InChI=1S/C32H47N2O2P/c35-31-23-11-4-2-9-19(23)21-16-17-25-30-29(21)33(31)24-13-5-6-14-26(24)37(30)27-15-7-12-20-18-8-1-3-10-22(18)32(36)34(25)28(20)27/h18-30H,1-17H2. The zero-order chi connectivity index (χ0) is 24.4. The molecule has 9 fully saturated rings. The maximum atomic E-state index is 14.5. The predicted molar refractivity (Wildman–Crippen MR) is 147 cm³/mol. The van der Waals surface area contributed by atoms with Gasteiger partial charge in [-0.1, -0.05) is 52.9 Å². The van der Waals surface area contributed by atoms with Gasteiger partial charge in [0.1, 0.15) is 0 Å². The lowest BCUT2D eigenvalue weighted by Gasteiger charge is -2.73. The number of piperidine rings is 2. The molecule has 14 atom stereocenters. The van der Waals surface area contributed by atoms with Crippen molar-refractivity contribution in [2.45, 2.75) is 150 Å². The number of amides is 2. The summed E-state index contributed by atoms with van der Waals surface area (Å²) in [5.41, 5.74) is 2.21. The van der Waals surface area contributed by atoms with E-state index in [9.17, 15) is 9.59 Å². The average Bonchev–Trinajstić information content (AvgIpc) is 2.95. The summed E-state index contributed by atoms with van der Waals surface area (Å²) >= 11 is 0. The average molecular weight is 523 g/mol. The fraction of sp³-hybridized carbons (Fsp3) is 0.938. The molecule has 4 nitrogen and oxygen atoms in total. The highest BCUT2D eigenvalue weighted by Gasteiger charge is 2.69. The Kier molecular flexibility index (Phi) is 5.27. The number of hydrogen-bond acceptors (Lipinski definition) is 2. The van der Waals surface area contributed by atoms with E-state index >= 15 is 0 Å². The van der Waals surface area contributed by atoms with Gasteiger partial charge in [0, 0.05) is 53.0 Å². The second-order valence-electron chi connectivity index (χ2n) is 14.9. The van der Waals surface area contributed by atoms with E-state index < -0.39 is 0 Å². The summed E-state index contributed by atoms with van der Waals surface area (Å²) in [5, 5.41) is 0. The van der Waals surface area contributed by atoms with E-state index in [1.807, 2.05) is 0 Å². The van der Waals surface area contributed by atoms with E-state index in [2.05, 4.69) is 9.80 Å². The van der Waals surface area contributed by atoms with Gasteiger partial charge in [0.05, 0.1) is 0 Å². The first-order chi connectivity index (χ1) is 18.2. The van der Waals surface area contributed by atoms with Gasteiger partial charge in [0.15, 0.2) is 0 Å². The van der Waals surface area contributed by atoms with Crippen LogP contribution in [0.2, 0.25) is 0 Å². The fourth-order valence-electron chi connectivity index (χ4n) is 12.9. The van der Waals surface area contributed by atoms with Crippen molar-refractivity contribution < 1.29 is 9.59 Å². The summed E-state index contributed by atoms with van der Waals surface area (Å²) in [6, 6.07) is 2.06. The number of rotatable bonds is 0. The molecule has 0 N–H and O–H groups in total. The predicted octanol–water partition coefficient (Wildman–Crippen LogP) is 6.16. The van der Waals surface area contributed by atoms with Crippen LogP contribution in [0.25, 0.3) is 0 Å². The van der Waals surface area contributed by atoms with E-state index in [4.69, 9.17) is 0 Å². The molecule has 0 bridgehead atoms. The second kappa shape index (κ2) is 8.44. The summed E-state index contributed by atoms with van der Waals surface area (Å²) in [6.07, 6.45) is 22.3. The van der Waals surface area contributed by atoms with E-state index in [1.165, 1.54) is 96.3 Å². The lowest BCUT2D eigenvalue weighted by atomic mass is 9.59. The van der Waals surface area contributed by atoms with Gasteiger partial charge < -0.3 is 9.80 Å². The molecule has 202 valence electrons. The molecular weight excluding hydrogens is 475 g/mol. The third-order valence-corrected chi connectivity index (χ3v) is 17.9. The Bertz CT molecular complexity index is 986. The highest BCUT2D eigenvalue weighted by atomic mass is 31.1. The molecule has 9 rings (SSSR count). The van der Waals surface area contributed by atoms with Crippen LogP contribution in [-0.2, 0) is 9.59 Å². The van der Waals surface area contributed by atoms with Gasteiger partial charge >= 0.3 is 0 Å². The van der Waals surface area contributed by atoms with Gasteiger partial charge in [-0.25, -0.2) is 0 Å². The molecule has 5 aliphatic carbocycles. The molecule has 4 saturated heterocycles. The zero-order valence-corrected chi connectivity index (χ0v) is 23.6. The Hall–Kier alpha value is -0.630. The van der Waals surface area contributed by atoms with Crippen LogP contribution in [0.5, 0.6) is 0 Å². The first kappa shape index (κ1) is 23.1. The van der Waals surface area contributed by atoms with Crippen LogP contribution in [0.4, 0.5) is 0 Å². The van der Waals surface area contributed by atoms with Gasteiger partial charge in [-0.05, 0) is 87.9 Å². The van der Waals surface area contributed by atoms with Crippen LogP contribution in [0.1, 0.15) is 109 Å². The summed E-state index contributed by atoms with van der Waals surface area (Å²) in [6.45, 7) is 0. The first-order valence-corrected chi connectivity index (χ1v) is 18.2. The van der Waals surface area contributed by atoms with Crippen LogP contribution in [0.3, 0.4) is 0 Å². The van der Waals surface area contributed by atoms with E-state index in [0.717, 1.165) is 36.0 Å². The van der Waals surface area contributed by atoms with Gasteiger partial charge in [-0.2, -0.15) is 0 Å². The monoisotopic (exact) mass is 522 g/mol. The lowest BCUT2D eigenvalue weighted by molar-refractivity contribution is -0.172. The molecule has 4 aliphatic heterocycles. The fourth-order valence-corrected chi connectivity index (χ4v) is 18.1. The molecule has 0 aromatic carbocycles. The zero-order valence-electron chi connectivity index (χ0n) is 22.7. The second-order valence-corrected chi connectivity index (χ2v) is 17.7. The maximum absolute atomic E-state index is 14.5. The van der Waals surface area contributed by atoms with E-state index in [0.29, 0.717) is 65.3 Å². The van der Waals surface area contributed by atoms with Crippen molar-refractivity contribution in [3.8, 4) is 0 Å². The smallest absolute Gasteiger partial charge is 0.226 e. The minimum Gasteiger partial charge on any atom is -0.335 e. The highest BCUT2D eigenvalue weighted by Crippen LogP contribution is 2.73. The first-order valence-electron chi connectivity index (χ1n) is 16.7. The summed E-state index contributed by atoms with van der Waals surface area (Å²) in [4.78, 5) is 34.1. The van der Waals surface area contributed by atoms with Crippen LogP contribution < -0.4 is 0 Å². The largest absolute Gasteiger partial charge is 0.335 e. The SMILES string of the molecule is O=C1C2CCCCC2C2CCCC3C2N1C1CCC2C4CCCCC4C(=O)N4C5CCCCC5P3C1C24. The molecule has 2 amide bonds. The minimum atomic E-state index is -0.119. The number of carbonyl (C=O) groups excluding carboxylic acids is 2. The summed E-state index contributed by atoms with van der Waals surface area (Å²) in [5.74, 6) is 4.69. The van der Waals surface area contributed by atoms with Crippen LogP contribution >= 0.6 is 7.92 Å². The van der Waals surface area contributed by atoms with Crippen molar-refractivity contribution in [1.29, 1.82) is 0 Å². The molecule has 0 aromatic heterocycles. The van der Waals surface area contributed by atoms with Crippen molar-refractivity contribution >= 4 is 19.7 Å². The Balaban J connectivity index is 1.19. The minimum absolute atomic E-state index is 0.119. The van der Waals surface area contributed by atoms with Crippen molar-refractivity contribution in [2.24, 2.45) is 35.5 Å². The molecule has 14 unspecified atom stereocenters. The number of nitrogens with zero attached hydrogens (tertiary/aromatic N) is 2. The Labute approximate surface area is 224 Å². The molecule has 4 heterocycles. The number of carbonyl (C=O) groups is 2. The number of fused-ring (bicyclic) bond motifs is 9. The normalized spacial score (nSPS) is 55.9. The van der Waals surface area contributed by atoms with Crippen molar-refractivity contribution in [1.82, 2.24) is 9.80 Å². The number of hydrogen-bond donors (Lipinski definition) is 0. The molecule has 0 aromatic rings. The van der Waals surface area contributed by atoms with Gasteiger partial charge in [0.2, 0.25) is 11.8 Å². The Morgan fingerprint density at radius 1 is 0.486 bits per heavy atom. The van der Waals surface area contributed by atoms with E-state index in [1.54, 1.807) is 0 Å². The summed E-state index contributed by atoms with van der Waals surface area (Å²) < 4.78 is 0. The summed E-state index contributed by atoms with van der Waals surface area (Å²) in [7, 11) is -0.119. The molecule has 5 saturated carbocycles. The highest BCUT2D eigenvalue weighted by molar-refractivity contribution is 7.60. The third kappa shape index (κ3) is 2.96. The Morgan fingerprint density at radius 3 is 1.81 bits per heavy atom. The maximum Gasteiger partial charge on any atom is 0.226 e. The van der Waals surface area contributed by atoms with Crippen LogP contribution in [0.15, 0.2) is 0 Å². The topological polar surface area (TPSA) is 40.6 Å².